The Bertz CT molecular complexity index is 541. The van der Waals surface area contributed by atoms with Crippen molar-refractivity contribution in [3.8, 4) is 23.8 Å². The van der Waals surface area contributed by atoms with Crippen LogP contribution in [0.4, 0.5) is 5.69 Å². The SMILES string of the molecule is C#Cc1c2ccc(N)c1OS(=O)(=O)O2. The van der Waals surface area contributed by atoms with Gasteiger partial charge in [-0.1, -0.05) is 5.92 Å². The first kappa shape index (κ1) is 8.72. The quantitative estimate of drug-likeness (QED) is 0.492. The normalized spacial score (nSPS) is 16.2. The van der Waals surface area contributed by atoms with Crippen molar-refractivity contribution >= 4 is 16.1 Å². The van der Waals surface area contributed by atoms with E-state index in [2.05, 4.69) is 14.3 Å². The maximum absolute atomic E-state index is 11.0. The largest absolute Gasteiger partial charge is 0.501 e. The molecule has 0 spiro atoms. The fourth-order valence-corrected chi connectivity index (χ4v) is 1.88. The summed E-state index contributed by atoms with van der Waals surface area (Å²) in [5.41, 5.74) is 5.86. The number of terminal acetylenes is 1. The van der Waals surface area contributed by atoms with Crippen molar-refractivity contribution in [2.75, 3.05) is 5.73 Å². The van der Waals surface area contributed by atoms with Crippen molar-refractivity contribution in [3.63, 3.8) is 0 Å². The molecule has 2 rings (SSSR count). The van der Waals surface area contributed by atoms with Crippen LogP contribution < -0.4 is 14.1 Å². The Labute approximate surface area is 80.8 Å². The lowest BCUT2D eigenvalue weighted by atomic mass is 10.1. The second-order valence-electron chi connectivity index (χ2n) is 2.58. The minimum atomic E-state index is -4.06. The van der Waals surface area contributed by atoms with E-state index in [9.17, 15) is 8.42 Å². The number of hydrogen-bond donors (Lipinski definition) is 1. The molecule has 0 amide bonds. The van der Waals surface area contributed by atoms with Crippen molar-refractivity contribution in [1.29, 1.82) is 0 Å². The number of benzene rings is 1. The molecule has 0 saturated heterocycles. The number of rotatable bonds is 0. The van der Waals surface area contributed by atoms with Crippen LogP contribution in [0.5, 0.6) is 11.5 Å². The van der Waals surface area contributed by atoms with Crippen LogP contribution in [0.3, 0.4) is 0 Å². The standard InChI is InChI=1S/C8H5NO4S/c1-2-5-7-4-3-6(9)8(5)13-14(10,11)12-7/h1,3-4H,9H2. The van der Waals surface area contributed by atoms with Gasteiger partial charge in [0.1, 0.15) is 5.56 Å². The van der Waals surface area contributed by atoms with E-state index in [1.165, 1.54) is 12.1 Å². The third-order valence-electron chi connectivity index (χ3n) is 1.67. The van der Waals surface area contributed by atoms with Crippen LogP contribution >= 0.6 is 0 Å². The number of nitrogen functional groups attached to an aromatic ring is 1. The molecule has 1 aromatic rings. The van der Waals surface area contributed by atoms with E-state index in [0.717, 1.165) is 0 Å². The zero-order valence-electron chi connectivity index (χ0n) is 6.85. The van der Waals surface area contributed by atoms with Crippen LogP contribution in [0, 0.1) is 12.3 Å². The summed E-state index contributed by atoms with van der Waals surface area (Å²) in [7, 11) is -4.06. The highest BCUT2D eigenvalue weighted by molar-refractivity contribution is 7.82. The lowest BCUT2D eigenvalue weighted by Crippen LogP contribution is -2.22. The highest BCUT2D eigenvalue weighted by Crippen LogP contribution is 2.38. The Morgan fingerprint density at radius 1 is 1.36 bits per heavy atom. The van der Waals surface area contributed by atoms with Gasteiger partial charge in [-0.05, 0) is 12.1 Å². The Kier molecular flexibility index (Phi) is 1.59. The number of anilines is 1. The first-order chi connectivity index (χ1) is 6.53. The maximum atomic E-state index is 11.0. The Hall–Kier alpha value is -1.87. The summed E-state index contributed by atoms with van der Waals surface area (Å²) in [6.07, 6.45) is 5.16. The van der Waals surface area contributed by atoms with E-state index in [1.807, 2.05) is 0 Å². The molecule has 0 atom stereocenters. The molecule has 0 unspecified atom stereocenters. The van der Waals surface area contributed by atoms with Crippen LogP contribution in [0.1, 0.15) is 5.56 Å². The van der Waals surface area contributed by atoms with Gasteiger partial charge in [-0.3, -0.25) is 0 Å². The summed E-state index contributed by atoms with van der Waals surface area (Å²) < 4.78 is 31.0. The van der Waals surface area contributed by atoms with E-state index >= 15 is 0 Å². The van der Waals surface area contributed by atoms with E-state index in [0.29, 0.717) is 0 Å². The monoisotopic (exact) mass is 211 g/mol. The highest BCUT2D eigenvalue weighted by Gasteiger charge is 2.29. The Morgan fingerprint density at radius 2 is 2.07 bits per heavy atom. The number of nitrogens with two attached hydrogens (primary N) is 1. The van der Waals surface area contributed by atoms with Gasteiger partial charge in [0.15, 0.2) is 11.5 Å². The first-order valence-electron chi connectivity index (χ1n) is 3.56. The predicted molar refractivity (Wildman–Crippen MR) is 49.0 cm³/mol. The van der Waals surface area contributed by atoms with E-state index in [1.54, 1.807) is 0 Å². The maximum Gasteiger partial charge on any atom is 0.501 e. The second kappa shape index (κ2) is 2.56. The van der Waals surface area contributed by atoms with Gasteiger partial charge in [0.2, 0.25) is 0 Å². The molecule has 5 nitrogen and oxygen atoms in total. The molecule has 6 heteroatoms. The topological polar surface area (TPSA) is 78.6 Å². The molecular weight excluding hydrogens is 206 g/mol. The molecule has 14 heavy (non-hydrogen) atoms. The van der Waals surface area contributed by atoms with Gasteiger partial charge in [-0.15, -0.1) is 14.8 Å². The minimum absolute atomic E-state index is 0.0451. The second-order valence-corrected chi connectivity index (χ2v) is 3.73. The molecule has 2 N–H and O–H groups in total. The van der Waals surface area contributed by atoms with Gasteiger partial charge in [-0.2, -0.15) is 0 Å². The molecule has 0 aliphatic carbocycles. The Balaban J connectivity index is 2.77. The van der Waals surface area contributed by atoms with E-state index in [-0.39, 0.29) is 22.7 Å². The van der Waals surface area contributed by atoms with Gasteiger partial charge in [0.25, 0.3) is 0 Å². The van der Waals surface area contributed by atoms with Crippen LogP contribution in [-0.4, -0.2) is 8.42 Å². The molecule has 1 aliphatic rings. The first-order valence-corrected chi connectivity index (χ1v) is 4.90. The lowest BCUT2D eigenvalue weighted by molar-refractivity contribution is 0.378. The van der Waals surface area contributed by atoms with Crippen LogP contribution in [0.15, 0.2) is 12.1 Å². The molecule has 1 aromatic carbocycles. The molecule has 1 heterocycles. The highest BCUT2D eigenvalue weighted by atomic mass is 32.3. The van der Waals surface area contributed by atoms with Gasteiger partial charge < -0.3 is 14.1 Å². The summed E-state index contributed by atoms with van der Waals surface area (Å²) in [6.45, 7) is 0. The zero-order chi connectivity index (χ0) is 10.3. The predicted octanol–water partition coefficient (Wildman–Crippen LogP) is 0.266. The van der Waals surface area contributed by atoms with Crippen molar-refractivity contribution in [1.82, 2.24) is 0 Å². The van der Waals surface area contributed by atoms with Crippen molar-refractivity contribution in [2.45, 2.75) is 0 Å². The van der Waals surface area contributed by atoms with Crippen molar-refractivity contribution < 1.29 is 16.8 Å². The van der Waals surface area contributed by atoms with Gasteiger partial charge in [0.05, 0.1) is 5.69 Å². The molecule has 0 saturated carbocycles. The minimum Gasteiger partial charge on any atom is -0.396 e. The molecule has 72 valence electrons. The van der Waals surface area contributed by atoms with Crippen LogP contribution in [-0.2, 0) is 10.4 Å². The fourth-order valence-electron chi connectivity index (χ4n) is 1.11. The summed E-state index contributed by atoms with van der Waals surface area (Å²) >= 11 is 0. The Morgan fingerprint density at radius 3 is 2.71 bits per heavy atom. The van der Waals surface area contributed by atoms with Gasteiger partial charge >= 0.3 is 10.4 Å². The number of hydrogen-bond acceptors (Lipinski definition) is 5. The summed E-state index contributed by atoms with van der Waals surface area (Å²) in [6, 6.07) is 2.84. The fraction of sp³-hybridized carbons (Fsp3) is 0. The van der Waals surface area contributed by atoms with E-state index < -0.39 is 10.4 Å². The summed E-state index contributed by atoms with van der Waals surface area (Å²) in [5.74, 6) is 2.26. The molecule has 0 fully saturated rings. The number of fused-ring (bicyclic) bond motifs is 2. The molecule has 2 bridgehead atoms. The average Bonchev–Trinajstić information content (AvgIpc) is 2.10. The van der Waals surface area contributed by atoms with Crippen LogP contribution in [0.2, 0.25) is 0 Å². The molecule has 0 radical (unpaired) electrons. The average molecular weight is 211 g/mol. The summed E-state index contributed by atoms with van der Waals surface area (Å²) in [5, 5.41) is 0. The van der Waals surface area contributed by atoms with Gasteiger partial charge in [-0.25, -0.2) is 0 Å². The third kappa shape index (κ3) is 1.15. The van der Waals surface area contributed by atoms with Gasteiger partial charge in [0, 0.05) is 0 Å². The molecule has 1 aliphatic heterocycles. The zero-order valence-corrected chi connectivity index (χ0v) is 7.67. The van der Waals surface area contributed by atoms with E-state index in [4.69, 9.17) is 12.2 Å². The van der Waals surface area contributed by atoms with Crippen molar-refractivity contribution in [3.05, 3.63) is 17.7 Å². The third-order valence-corrected chi connectivity index (χ3v) is 2.43. The smallest absolute Gasteiger partial charge is 0.396 e. The van der Waals surface area contributed by atoms with Crippen molar-refractivity contribution in [2.24, 2.45) is 0 Å². The van der Waals surface area contributed by atoms with Crippen LogP contribution in [0.25, 0.3) is 0 Å². The lowest BCUT2D eigenvalue weighted by Gasteiger charge is -2.18. The molecular formula is C8H5NO4S. The molecule has 0 aromatic heterocycles. The summed E-state index contributed by atoms with van der Waals surface area (Å²) in [4.78, 5) is 0.